The molecule has 2 aromatic carbocycles. The predicted molar refractivity (Wildman–Crippen MR) is 100.0 cm³/mol. The van der Waals surface area contributed by atoms with Crippen LogP contribution in [0.2, 0.25) is 5.02 Å². The Labute approximate surface area is 173 Å². The molecule has 0 spiro atoms. The molecular formula is C20H17ClF6N2O. The molecule has 30 heavy (non-hydrogen) atoms. The third-order valence-corrected chi connectivity index (χ3v) is 4.98. The van der Waals surface area contributed by atoms with E-state index < -0.39 is 35.1 Å². The Hall–Kier alpha value is -2.26. The molecule has 3 nitrogen and oxygen atoms in total. The van der Waals surface area contributed by atoms with E-state index in [-0.39, 0.29) is 24.2 Å². The van der Waals surface area contributed by atoms with Gasteiger partial charge in [0.1, 0.15) is 0 Å². The number of carbonyl (C=O) groups is 1. The Bertz CT molecular complexity index is 907. The minimum atomic E-state index is -4.69. The average Bonchev–Trinajstić information content (AvgIpc) is 3.47. The van der Waals surface area contributed by atoms with Crippen molar-refractivity contribution >= 4 is 23.2 Å². The van der Waals surface area contributed by atoms with Gasteiger partial charge < -0.3 is 5.32 Å². The van der Waals surface area contributed by atoms with Gasteiger partial charge in [0.15, 0.2) is 0 Å². The molecule has 1 N–H and O–H groups in total. The molecule has 1 fully saturated rings. The summed E-state index contributed by atoms with van der Waals surface area (Å²) in [5, 5.41) is 1.99. The number of halogens is 7. The van der Waals surface area contributed by atoms with Crippen LogP contribution in [0.4, 0.5) is 32.0 Å². The lowest BCUT2D eigenvalue weighted by molar-refractivity contribution is -0.138. The van der Waals surface area contributed by atoms with Crippen molar-refractivity contribution in [2.45, 2.75) is 37.8 Å². The predicted octanol–water partition coefficient (Wildman–Crippen LogP) is 5.98. The van der Waals surface area contributed by atoms with Crippen LogP contribution in [0.1, 0.15) is 29.5 Å². The van der Waals surface area contributed by atoms with Gasteiger partial charge in [0.2, 0.25) is 5.91 Å². The van der Waals surface area contributed by atoms with Crippen molar-refractivity contribution in [1.29, 1.82) is 0 Å². The molecule has 1 amide bonds. The second-order valence-corrected chi connectivity index (χ2v) is 7.45. The van der Waals surface area contributed by atoms with E-state index in [1.54, 1.807) is 4.90 Å². The van der Waals surface area contributed by atoms with Crippen LogP contribution in [-0.4, -0.2) is 23.4 Å². The van der Waals surface area contributed by atoms with E-state index in [4.69, 9.17) is 11.6 Å². The van der Waals surface area contributed by atoms with Gasteiger partial charge in [0, 0.05) is 12.6 Å². The summed E-state index contributed by atoms with van der Waals surface area (Å²) in [6.45, 7) is -0.0148. The number of alkyl halides is 6. The number of anilines is 1. The van der Waals surface area contributed by atoms with E-state index in [1.165, 1.54) is 18.2 Å². The Morgan fingerprint density at radius 2 is 1.63 bits per heavy atom. The molecule has 0 heterocycles. The van der Waals surface area contributed by atoms with Crippen LogP contribution in [0.25, 0.3) is 0 Å². The first kappa shape index (κ1) is 22.4. The molecule has 10 heteroatoms. The Balaban J connectivity index is 1.70. The van der Waals surface area contributed by atoms with Crippen molar-refractivity contribution in [3.63, 3.8) is 0 Å². The third kappa shape index (κ3) is 5.66. The maximum atomic E-state index is 13.2. The largest absolute Gasteiger partial charge is 0.418 e. The van der Waals surface area contributed by atoms with Gasteiger partial charge in [0.05, 0.1) is 28.4 Å². The maximum Gasteiger partial charge on any atom is 0.418 e. The van der Waals surface area contributed by atoms with E-state index >= 15 is 0 Å². The highest BCUT2D eigenvalue weighted by Gasteiger charge is 2.36. The number of rotatable bonds is 6. The van der Waals surface area contributed by atoms with Crippen LogP contribution >= 0.6 is 11.6 Å². The van der Waals surface area contributed by atoms with Crippen LogP contribution < -0.4 is 5.32 Å². The van der Waals surface area contributed by atoms with Crippen LogP contribution in [0.5, 0.6) is 0 Å². The first-order chi connectivity index (χ1) is 13.9. The third-order valence-electron chi connectivity index (χ3n) is 4.66. The fraction of sp³-hybridized carbons (Fsp3) is 0.350. The number of carbonyl (C=O) groups excluding carboxylic acids is 1. The quantitative estimate of drug-likeness (QED) is 0.549. The number of para-hydroxylation sites is 1. The van der Waals surface area contributed by atoms with Gasteiger partial charge in [-0.1, -0.05) is 29.8 Å². The number of benzene rings is 2. The first-order valence-electron chi connectivity index (χ1n) is 9.01. The second kappa shape index (κ2) is 8.47. The number of nitrogens with zero attached hydrogens (tertiary/aromatic N) is 1. The van der Waals surface area contributed by atoms with Gasteiger partial charge in [0.25, 0.3) is 0 Å². The molecule has 0 atom stereocenters. The standard InChI is InChI=1S/C20H17ClF6N2O/c21-16-3-1-2-15(20(25,26)27)18(16)28-17(30)11-29(14-8-9-14)10-12-4-6-13(7-5-12)19(22,23)24/h1-7,14H,8-11H2,(H,28,30). The summed E-state index contributed by atoms with van der Waals surface area (Å²) in [5.74, 6) is -0.688. The van der Waals surface area contributed by atoms with Gasteiger partial charge >= 0.3 is 12.4 Å². The number of amides is 1. The molecule has 1 saturated carbocycles. The average molecular weight is 451 g/mol. The highest BCUT2D eigenvalue weighted by atomic mass is 35.5. The van der Waals surface area contributed by atoms with Crippen LogP contribution in [0.3, 0.4) is 0 Å². The lowest BCUT2D eigenvalue weighted by Crippen LogP contribution is -2.35. The molecule has 2 aromatic rings. The molecule has 0 bridgehead atoms. The second-order valence-electron chi connectivity index (χ2n) is 7.04. The summed E-state index contributed by atoms with van der Waals surface area (Å²) in [6, 6.07) is 7.82. The SMILES string of the molecule is O=C(CN(Cc1ccc(C(F)(F)F)cc1)C1CC1)Nc1c(Cl)cccc1C(F)(F)F. The van der Waals surface area contributed by atoms with E-state index in [0.717, 1.165) is 37.1 Å². The van der Waals surface area contributed by atoms with Crippen molar-refractivity contribution < 1.29 is 31.1 Å². The zero-order valence-corrected chi connectivity index (χ0v) is 16.2. The molecule has 1 aliphatic rings. The molecule has 0 unspecified atom stereocenters. The maximum absolute atomic E-state index is 13.2. The van der Waals surface area contributed by atoms with Crippen molar-refractivity contribution in [2.75, 3.05) is 11.9 Å². The molecule has 162 valence electrons. The van der Waals surface area contributed by atoms with Crippen molar-refractivity contribution in [3.05, 3.63) is 64.2 Å². The summed E-state index contributed by atoms with van der Waals surface area (Å²) in [7, 11) is 0. The van der Waals surface area contributed by atoms with Crippen LogP contribution in [0, 0.1) is 0 Å². The van der Waals surface area contributed by atoms with Crippen molar-refractivity contribution in [3.8, 4) is 0 Å². The number of hydrogen-bond acceptors (Lipinski definition) is 2. The van der Waals surface area contributed by atoms with Crippen LogP contribution in [-0.2, 0) is 23.7 Å². The summed E-state index contributed by atoms with van der Waals surface area (Å²) < 4.78 is 77.6. The minimum absolute atomic E-state index is 0.0476. The molecule has 0 radical (unpaired) electrons. The van der Waals surface area contributed by atoms with E-state index in [9.17, 15) is 31.1 Å². The zero-order chi connectivity index (χ0) is 22.1. The van der Waals surface area contributed by atoms with Gasteiger partial charge in [-0.3, -0.25) is 9.69 Å². The highest BCUT2D eigenvalue weighted by molar-refractivity contribution is 6.34. The summed E-state index contributed by atoms with van der Waals surface area (Å²) >= 11 is 5.85. The smallest absolute Gasteiger partial charge is 0.323 e. The lowest BCUT2D eigenvalue weighted by atomic mass is 10.1. The summed E-state index contributed by atoms with van der Waals surface area (Å²) in [4.78, 5) is 14.2. The zero-order valence-electron chi connectivity index (χ0n) is 15.4. The molecule has 1 aliphatic carbocycles. The van der Waals surface area contributed by atoms with Crippen LogP contribution in [0.15, 0.2) is 42.5 Å². The van der Waals surface area contributed by atoms with E-state index in [1.807, 2.05) is 0 Å². The monoisotopic (exact) mass is 450 g/mol. The van der Waals surface area contributed by atoms with E-state index in [0.29, 0.717) is 5.56 Å². The fourth-order valence-corrected chi connectivity index (χ4v) is 3.26. The lowest BCUT2D eigenvalue weighted by Gasteiger charge is -2.22. The minimum Gasteiger partial charge on any atom is -0.323 e. The Morgan fingerprint density at radius 1 is 1.00 bits per heavy atom. The summed E-state index contributed by atoms with van der Waals surface area (Å²) in [5.41, 5.74) is -1.78. The highest BCUT2D eigenvalue weighted by Crippen LogP contribution is 2.38. The number of nitrogens with one attached hydrogen (secondary N) is 1. The molecule has 3 rings (SSSR count). The Morgan fingerprint density at radius 3 is 2.17 bits per heavy atom. The molecule has 0 aliphatic heterocycles. The van der Waals surface area contributed by atoms with Gasteiger partial charge in [-0.15, -0.1) is 0 Å². The molecule has 0 aromatic heterocycles. The van der Waals surface area contributed by atoms with Gasteiger partial charge in [-0.2, -0.15) is 26.3 Å². The first-order valence-corrected chi connectivity index (χ1v) is 9.38. The summed E-state index contributed by atoms with van der Waals surface area (Å²) in [6.07, 6.45) is -7.54. The Kier molecular flexibility index (Phi) is 6.33. The van der Waals surface area contributed by atoms with Gasteiger partial charge in [-0.25, -0.2) is 0 Å². The van der Waals surface area contributed by atoms with Gasteiger partial charge in [-0.05, 0) is 42.7 Å². The number of hydrogen-bond donors (Lipinski definition) is 1. The van der Waals surface area contributed by atoms with Crippen molar-refractivity contribution in [1.82, 2.24) is 4.90 Å². The topological polar surface area (TPSA) is 32.3 Å². The normalized spacial score (nSPS) is 14.8. The molecular weight excluding hydrogens is 434 g/mol. The van der Waals surface area contributed by atoms with E-state index in [2.05, 4.69) is 5.32 Å². The molecule has 0 saturated heterocycles. The fourth-order valence-electron chi connectivity index (χ4n) is 3.04. The van der Waals surface area contributed by atoms with Crippen molar-refractivity contribution in [2.24, 2.45) is 0 Å².